The normalized spacial score (nSPS) is 13.9. The molecule has 2 aromatic carbocycles. The summed E-state index contributed by atoms with van der Waals surface area (Å²) in [6.07, 6.45) is 0. The van der Waals surface area contributed by atoms with Gasteiger partial charge >= 0.3 is 0 Å². The molecule has 0 amide bonds. The lowest BCUT2D eigenvalue weighted by atomic mass is 9.97. The Bertz CT molecular complexity index is 1410. The van der Waals surface area contributed by atoms with E-state index in [0.29, 0.717) is 33.8 Å². The van der Waals surface area contributed by atoms with Crippen LogP contribution >= 0.6 is 0 Å². The molecule has 0 N–H and O–H groups in total. The summed E-state index contributed by atoms with van der Waals surface area (Å²) in [4.78, 5) is 3.58. The van der Waals surface area contributed by atoms with Gasteiger partial charge in [0.05, 0.1) is 13.5 Å². The zero-order valence-electron chi connectivity index (χ0n) is 20.1. The van der Waals surface area contributed by atoms with Crippen LogP contribution in [0.4, 0.5) is 5.69 Å². The first-order valence-corrected chi connectivity index (χ1v) is 8.82. The van der Waals surface area contributed by atoms with Crippen LogP contribution in [0.5, 0.6) is 0 Å². The molecule has 0 aliphatic heterocycles. The summed E-state index contributed by atoms with van der Waals surface area (Å²) in [6.45, 7) is 12.4. The van der Waals surface area contributed by atoms with Crippen LogP contribution in [0, 0.1) is 41.1 Å². The molecule has 2 aromatic heterocycles. The van der Waals surface area contributed by atoms with Gasteiger partial charge in [-0.1, -0.05) is 18.2 Å². The number of aromatic nitrogens is 1. The minimum absolute atomic E-state index is 0.174. The maximum absolute atomic E-state index is 8.84. The minimum atomic E-state index is -2.30. The van der Waals surface area contributed by atoms with Crippen LogP contribution in [0.1, 0.15) is 33.4 Å². The topological polar surface area (TPSA) is 21.4 Å². The second-order valence-corrected chi connectivity index (χ2v) is 7.10. The highest BCUT2D eigenvalue weighted by Crippen LogP contribution is 2.39. The molecular formula is C24H23N2O+. The average molecular weight is 359 g/mol. The van der Waals surface area contributed by atoms with Crippen molar-refractivity contribution in [2.75, 3.05) is 0 Å². The summed E-state index contributed by atoms with van der Waals surface area (Å²) in [6, 6.07) is 7.88. The third-order valence-electron chi connectivity index (χ3n) is 5.40. The second-order valence-electron chi connectivity index (χ2n) is 7.10. The number of aryl methyl sites for hydroxylation is 2. The number of rotatable bonds is 1. The van der Waals surface area contributed by atoms with Crippen LogP contribution < -0.4 is 4.57 Å². The molecule has 0 aliphatic rings. The van der Waals surface area contributed by atoms with E-state index in [1.54, 1.807) is 31.5 Å². The molecule has 2 heterocycles. The first kappa shape index (κ1) is 13.1. The number of pyridine rings is 1. The van der Waals surface area contributed by atoms with E-state index in [9.17, 15) is 0 Å². The maximum Gasteiger partial charge on any atom is 0.216 e. The zero-order valence-corrected chi connectivity index (χ0v) is 16.1. The Kier molecular flexibility index (Phi) is 2.89. The molecular weight excluding hydrogens is 332 g/mol. The summed E-state index contributed by atoms with van der Waals surface area (Å²) in [7, 11) is 1.79. The molecule has 3 heteroatoms. The van der Waals surface area contributed by atoms with Crippen molar-refractivity contribution in [3.63, 3.8) is 0 Å². The van der Waals surface area contributed by atoms with Gasteiger partial charge in [0.2, 0.25) is 5.69 Å². The maximum atomic E-state index is 8.84. The summed E-state index contributed by atoms with van der Waals surface area (Å²) in [5.41, 5.74) is 6.28. The third-order valence-corrected chi connectivity index (χ3v) is 5.40. The van der Waals surface area contributed by atoms with Crippen molar-refractivity contribution in [3.05, 3.63) is 69.7 Å². The van der Waals surface area contributed by atoms with E-state index < -0.39 is 6.85 Å². The van der Waals surface area contributed by atoms with Crippen molar-refractivity contribution in [2.45, 2.75) is 34.5 Å². The van der Waals surface area contributed by atoms with Gasteiger partial charge in [0.15, 0.2) is 11.4 Å². The van der Waals surface area contributed by atoms with E-state index in [4.69, 9.17) is 16.5 Å². The van der Waals surface area contributed by atoms with Crippen LogP contribution in [0.15, 0.2) is 34.7 Å². The Morgan fingerprint density at radius 3 is 2.56 bits per heavy atom. The Labute approximate surface area is 165 Å². The molecule has 0 radical (unpaired) electrons. The monoisotopic (exact) mass is 359 g/mol. The predicted molar refractivity (Wildman–Crippen MR) is 110 cm³/mol. The highest BCUT2D eigenvalue weighted by molar-refractivity contribution is 6.10. The number of furan rings is 1. The van der Waals surface area contributed by atoms with Crippen LogP contribution in [0.2, 0.25) is 0 Å². The third kappa shape index (κ3) is 2.44. The molecule has 0 atom stereocenters. The van der Waals surface area contributed by atoms with Crippen LogP contribution in [0.3, 0.4) is 0 Å². The Morgan fingerprint density at radius 1 is 1.07 bits per heavy atom. The quantitative estimate of drug-likeness (QED) is 0.294. The molecule has 0 aliphatic carbocycles. The number of nitrogens with zero attached hydrogens (tertiary/aromatic N) is 2. The standard InChI is InChI=1S/C24H23N2O/c1-13-8-9-18-19-10-15(3)20(25-6)12-22(19)27-24(18)23(13)21-11-14(2)16(4)17(5)26(21)7/h8-12H,1-5,7H3/q+1/i4D3,11D. The van der Waals surface area contributed by atoms with Gasteiger partial charge in [0.25, 0.3) is 0 Å². The number of hydrogen-bond donors (Lipinski definition) is 0. The van der Waals surface area contributed by atoms with Gasteiger partial charge in [-0.05, 0) is 50.4 Å². The SMILES string of the molecule is [2H]c1c(C)c(C([2H])([2H])[2H])c(C)[n+](C)c1-c1c(C)ccc2c1oc1cc([N+]#[C-])c(C)cc12. The molecule has 4 rings (SSSR count). The largest absolute Gasteiger partial charge is 0.456 e. The average Bonchev–Trinajstić information content (AvgIpc) is 3.03. The van der Waals surface area contributed by atoms with E-state index in [1.165, 1.54) is 0 Å². The van der Waals surface area contributed by atoms with Gasteiger partial charge in [-0.25, -0.2) is 4.85 Å². The van der Waals surface area contributed by atoms with Crippen LogP contribution in [0.25, 0.3) is 38.0 Å². The lowest BCUT2D eigenvalue weighted by molar-refractivity contribution is -0.667. The lowest BCUT2D eigenvalue weighted by Gasteiger charge is -2.10. The highest BCUT2D eigenvalue weighted by atomic mass is 16.3. The van der Waals surface area contributed by atoms with Gasteiger partial charge in [0.1, 0.15) is 18.2 Å². The van der Waals surface area contributed by atoms with Crippen molar-refractivity contribution in [1.29, 1.82) is 0 Å². The van der Waals surface area contributed by atoms with Crippen molar-refractivity contribution in [3.8, 4) is 11.3 Å². The number of benzene rings is 2. The summed E-state index contributed by atoms with van der Waals surface area (Å²) in [5, 5.41) is 1.83. The summed E-state index contributed by atoms with van der Waals surface area (Å²) >= 11 is 0. The fourth-order valence-corrected chi connectivity index (χ4v) is 3.66. The predicted octanol–water partition coefficient (Wildman–Crippen LogP) is 6.17. The van der Waals surface area contributed by atoms with E-state index >= 15 is 0 Å². The van der Waals surface area contributed by atoms with E-state index in [2.05, 4.69) is 4.85 Å². The van der Waals surface area contributed by atoms with E-state index in [1.807, 2.05) is 32.0 Å². The number of fused-ring (bicyclic) bond motifs is 3. The van der Waals surface area contributed by atoms with Crippen molar-refractivity contribution < 1.29 is 14.5 Å². The van der Waals surface area contributed by atoms with Gasteiger partial charge in [-0.3, -0.25) is 0 Å². The van der Waals surface area contributed by atoms with Crippen LogP contribution in [-0.4, -0.2) is 0 Å². The molecule has 0 saturated heterocycles. The van der Waals surface area contributed by atoms with Gasteiger partial charge < -0.3 is 4.42 Å². The first-order chi connectivity index (χ1) is 14.5. The van der Waals surface area contributed by atoms with E-state index in [-0.39, 0.29) is 11.6 Å². The molecule has 0 saturated carbocycles. The summed E-state index contributed by atoms with van der Waals surface area (Å²) in [5.74, 6) is 0. The number of hydrogen-bond acceptors (Lipinski definition) is 1. The summed E-state index contributed by atoms with van der Waals surface area (Å²) < 4.78 is 40.6. The lowest BCUT2D eigenvalue weighted by Crippen LogP contribution is -2.36. The first-order valence-electron chi connectivity index (χ1n) is 10.8. The molecule has 27 heavy (non-hydrogen) atoms. The Morgan fingerprint density at radius 2 is 1.85 bits per heavy atom. The molecule has 0 unspecified atom stereocenters. The molecule has 0 bridgehead atoms. The second kappa shape index (κ2) is 5.96. The van der Waals surface area contributed by atoms with E-state index in [0.717, 1.165) is 27.5 Å². The fourth-order valence-electron chi connectivity index (χ4n) is 3.66. The van der Waals surface area contributed by atoms with Crippen molar-refractivity contribution >= 4 is 27.6 Å². The molecule has 4 aromatic rings. The van der Waals surface area contributed by atoms with Gasteiger partial charge in [0, 0.05) is 33.4 Å². The molecule has 3 nitrogen and oxygen atoms in total. The molecule has 0 spiro atoms. The Hall–Kier alpha value is -3.12. The molecule has 134 valence electrons. The Balaban J connectivity index is 2.16. The fraction of sp³-hybridized carbons (Fsp3) is 0.250. The van der Waals surface area contributed by atoms with Crippen molar-refractivity contribution in [2.24, 2.45) is 7.05 Å². The zero-order chi connectivity index (χ0) is 22.8. The van der Waals surface area contributed by atoms with Gasteiger partial charge in [-0.2, -0.15) is 4.57 Å². The van der Waals surface area contributed by atoms with Gasteiger partial charge in [-0.15, -0.1) is 0 Å². The highest BCUT2D eigenvalue weighted by Gasteiger charge is 2.23. The van der Waals surface area contributed by atoms with Crippen LogP contribution in [-0.2, 0) is 7.05 Å². The molecule has 0 fully saturated rings. The van der Waals surface area contributed by atoms with Crippen molar-refractivity contribution in [1.82, 2.24) is 0 Å². The minimum Gasteiger partial charge on any atom is -0.456 e. The smallest absolute Gasteiger partial charge is 0.216 e.